The molecule has 1 atom stereocenters. The van der Waals surface area contributed by atoms with Gasteiger partial charge in [-0.05, 0) is 114 Å². The van der Waals surface area contributed by atoms with Gasteiger partial charge in [-0.25, -0.2) is 0 Å². The maximum absolute atomic E-state index is 13.1. The smallest absolute Gasteiger partial charge is 0.423 e. The van der Waals surface area contributed by atoms with Crippen molar-refractivity contribution in [3.8, 4) is 0 Å². The van der Waals surface area contributed by atoms with Gasteiger partial charge < -0.3 is 24.7 Å². The normalized spacial score (nSPS) is 19.4. The molecule has 4 aliphatic rings. The number of nitrogens with zero attached hydrogens (tertiary/aromatic N) is 4. The topological polar surface area (TPSA) is 117 Å². The fourth-order valence-electron chi connectivity index (χ4n) is 9.17. The lowest BCUT2D eigenvalue weighted by atomic mass is 9.79. The van der Waals surface area contributed by atoms with Gasteiger partial charge in [0.15, 0.2) is 0 Å². The summed E-state index contributed by atoms with van der Waals surface area (Å²) in [4.78, 5) is 46.4. The van der Waals surface area contributed by atoms with Crippen LogP contribution in [0, 0.1) is 5.92 Å². The summed E-state index contributed by atoms with van der Waals surface area (Å²) in [6.45, 7) is 9.72. The van der Waals surface area contributed by atoms with Gasteiger partial charge in [0.1, 0.15) is 6.04 Å². The van der Waals surface area contributed by atoms with Gasteiger partial charge in [-0.15, -0.1) is 0 Å². The highest BCUT2D eigenvalue weighted by Gasteiger charge is 2.39. The Morgan fingerprint density at radius 3 is 2.02 bits per heavy atom. The van der Waals surface area contributed by atoms with Crippen molar-refractivity contribution in [3.05, 3.63) is 125 Å². The Morgan fingerprint density at radius 2 is 1.38 bits per heavy atom. The first-order valence-electron chi connectivity index (χ1n) is 20.6. The largest absolute Gasteiger partial charge is 0.488 e. The molecule has 0 aliphatic carbocycles. The van der Waals surface area contributed by atoms with Crippen molar-refractivity contribution in [2.24, 2.45) is 5.92 Å². The molecule has 0 bridgehead atoms. The molecule has 4 aromatic carbocycles. The standard InChI is InChI=1S/C46H52BN5O5.CH4/c1-2-40(33-6-4-3-5-7-33)44(34-8-12-37(13-9-34)47(56)57)35-10-14-38(15-11-35)50-24-21-32(22-25-50)20-23-49-26-28-51(29-27-49)39-16-17-41-36(30-39)31-52(46(41)55)42-18-19-43(53)48-45(42)54;/h3-17,30,32,42,56-57H,2,18-29,31H2,1H3,(H,48,53,54);1H4/b44-40-;. The van der Waals surface area contributed by atoms with Crippen molar-refractivity contribution in [1.29, 1.82) is 0 Å². The molecule has 3 N–H and O–H groups in total. The van der Waals surface area contributed by atoms with Gasteiger partial charge in [0.25, 0.3) is 5.91 Å². The summed E-state index contributed by atoms with van der Waals surface area (Å²) >= 11 is 0. The van der Waals surface area contributed by atoms with Crippen LogP contribution >= 0.6 is 0 Å². The fourth-order valence-corrected chi connectivity index (χ4v) is 9.17. The highest BCUT2D eigenvalue weighted by Crippen LogP contribution is 2.36. The van der Waals surface area contributed by atoms with E-state index in [0.29, 0.717) is 29.9 Å². The first-order chi connectivity index (χ1) is 27.7. The number of rotatable bonds is 11. The number of anilines is 2. The lowest BCUT2D eigenvalue weighted by molar-refractivity contribution is -0.136. The molecule has 10 nitrogen and oxygen atoms in total. The molecule has 0 radical (unpaired) electrons. The van der Waals surface area contributed by atoms with Gasteiger partial charge in [0.2, 0.25) is 11.8 Å². The van der Waals surface area contributed by atoms with Gasteiger partial charge >= 0.3 is 7.12 Å². The van der Waals surface area contributed by atoms with E-state index in [4.69, 9.17) is 0 Å². The zero-order chi connectivity index (χ0) is 39.5. The second-order valence-corrected chi connectivity index (χ2v) is 15.9. The molecule has 4 aliphatic heterocycles. The van der Waals surface area contributed by atoms with E-state index in [1.165, 1.54) is 36.1 Å². The molecule has 302 valence electrons. The third-order valence-electron chi connectivity index (χ3n) is 12.5. The Labute approximate surface area is 343 Å². The number of nitrogens with one attached hydrogen (secondary N) is 1. The third-order valence-corrected chi connectivity index (χ3v) is 12.5. The summed E-state index contributed by atoms with van der Waals surface area (Å²) in [5.41, 5.74) is 10.3. The van der Waals surface area contributed by atoms with Crippen LogP contribution in [0.1, 0.15) is 85.5 Å². The molecule has 4 heterocycles. The Bertz CT molecular complexity index is 2110. The molecular weight excluding hydrogens is 725 g/mol. The van der Waals surface area contributed by atoms with Crippen LogP contribution in [0.5, 0.6) is 0 Å². The molecule has 0 spiro atoms. The minimum absolute atomic E-state index is 0. The number of hydrogen-bond acceptors (Lipinski definition) is 8. The van der Waals surface area contributed by atoms with Crippen molar-refractivity contribution >= 4 is 52.8 Å². The monoisotopic (exact) mass is 781 g/mol. The molecule has 58 heavy (non-hydrogen) atoms. The number of piperazine rings is 1. The summed E-state index contributed by atoms with van der Waals surface area (Å²) in [5, 5.41) is 21.8. The molecule has 3 amide bonds. The van der Waals surface area contributed by atoms with E-state index in [2.05, 4.69) is 81.5 Å². The number of fused-ring (bicyclic) bond motifs is 1. The second-order valence-electron chi connectivity index (χ2n) is 15.9. The van der Waals surface area contributed by atoms with Crippen LogP contribution in [0.4, 0.5) is 11.4 Å². The predicted octanol–water partition coefficient (Wildman–Crippen LogP) is 5.56. The highest BCUT2D eigenvalue weighted by atomic mass is 16.4. The van der Waals surface area contributed by atoms with E-state index in [0.717, 1.165) is 80.2 Å². The predicted molar refractivity (Wildman–Crippen MR) is 233 cm³/mol. The van der Waals surface area contributed by atoms with Crippen molar-refractivity contribution in [2.45, 2.75) is 65.5 Å². The SMILES string of the molecule is C.CC/C(=C(\c1ccc(B(O)O)cc1)c1ccc(N2CCC(CCN3CCN(c4ccc5c(c4)CN(C4CCC(=O)NC4=O)C5=O)CC3)CC2)cc1)c1ccccc1. The van der Waals surface area contributed by atoms with Crippen LogP contribution in [-0.4, -0.2) is 96.5 Å². The lowest BCUT2D eigenvalue weighted by Crippen LogP contribution is -2.52. The molecule has 0 saturated carbocycles. The molecule has 4 aromatic rings. The average Bonchev–Trinajstić information content (AvgIpc) is 3.57. The molecular formula is C47H56BN5O5. The second kappa shape index (κ2) is 18.1. The zero-order valence-corrected chi connectivity index (χ0v) is 32.8. The molecule has 3 fully saturated rings. The number of carbonyl (C=O) groups is 3. The Kier molecular flexibility index (Phi) is 12.8. The molecule has 3 saturated heterocycles. The number of benzene rings is 4. The van der Waals surface area contributed by atoms with Crippen LogP contribution in [0.25, 0.3) is 11.1 Å². The molecule has 0 aromatic heterocycles. The molecule has 8 rings (SSSR count). The Hall–Kier alpha value is -5.23. The number of allylic oxidation sites excluding steroid dienone is 1. The number of piperidine rings is 2. The quantitative estimate of drug-likeness (QED) is 0.103. The van der Waals surface area contributed by atoms with Gasteiger partial charge in [0.05, 0.1) is 0 Å². The average molecular weight is 782 g/mol. The van der Waals surface area contributed by atoms with Crippen LogP contribution in [0.2, 0.25) is 0 Å². The van der Waals surface area contributed by atoms with E-state index in [1.807, 2.05) is 30.3 Å². The number of hydrogen-bond donors (Lipinski definition) is 3. The first kappa shape index (κ1) is 41.0. The molecule has 11 heteroatoms. The third kappa shape index (κ3) is 8.77. The number of imide groups is 1. The van der Waals surface area contributed by atoms with Gasteiger partial charge in [0, 0.05) is 69.2 Å². The summed E-state index contributed by atoms with van der Waals surface area (Å²) in [5.74, 6) is -0.0595. The summed E-state index contributed by atoms with van der Waals surface area (Å²) in [6, 6.07) is 32.5. The summed E-state index contributed by atoms with van der Waals surface area (Å²) in [7, 11) is -1.49. The van der Waals surface area contributed by atoms with E-state index in [9.17, 15) is 24.4 Å². The minimum atomic E-state index is -1.49. The van der Waals surface area contributed by atoms with Crippen molar-refractivity contribution in [3.63, 3.8) is 0 Å². The van der Waals surface area contributed by atoms with Crippen LogP contribution in [0.3, 0.4) is 0 Å². The lowest BCUT2D eigenvalue weighted by Gasteiger charge is -2.38. The van der Waals surface area contributed by atoms with Crippen molar-refractivity contribution < 1.29 is 24.4 Å². The fraction of sp³-hybridized carbons (Fsp3) is 0.383. The van der Waals surface area contributed by atoms with E-state index >= 15 is 0 Å². The van der Waals surface area contributed by atoms with Crippen LogP contribution in [-0.2, 0) is 16.1 Å². The first-order valence-corrected chi connectivity index (χ1v) is 20.6. The summed E-state index contributed by atoms with van der Waals surface area (Å²) in [6.07, 6.45) is 5.08. The van der Waals surface area contributed by atoms with Crippen molar-refractivity contribution in [1.82, 2.24) is 15.1 Å². The number of carbonyl (C=O) groups excluding carboxylic acids is 3. The van der Waals surface area contributed by atoms with E-state index in [1.54, 1.807) is 17.0 Å². The van der Waals surface area contributed by atoms with Crippen molar-refractivity contribution in [2.75, 3.05) is 55.6 Å². The van der Waals surface area contributed by atoms with Gasteiger partial charge in [-0.2, -0.15) is 0 Å². The maximum Gasteiger partial charge on any atom is 0.488 e. The van der Waals surface area contributed by atoms with Gasteiger partial charge in [-0.1, -0.05) is 81.1 Å². The summed E-state index contributed by atoms with van der Waals surface area (Å²) < 4.78 is 0. The maximum atomic E-state index is 13.1. The Balaban J connectivity index is 0.00000512. The minimum Gasteiger partial charge on any atom is -0.423 e. The van der Waals surface area contributed by atoms with Gasteiger partial charge in [-0.3, -0.25) is 24.6 Å². The highest BCUT2D eigenvalue weighted by molar-refractivity contribution is 6.58. The van der Waals surface area contributed by atoms with E-state index in [-0.39, 0.29) is 31.6 Å². The molecule has 1 unspecified atom stereocenters. The van der Waals surface area contributed by atoms with E-state index < -0.39 is 13.2 Å². The van der Waals surface area contributed by atoms with Crippen LogP contribution in [0.15, 0.2) is 97.1 Å². The zero-order valence-electron chi connectivity index (χ0n) is 32.8. The number of amides is 3. The van der Waals surface area contributed by atoms with Crippen LogP contribution < -0.4 is 20.6 Å². The Morgan fingerprint density at radius 1 is 0.741 bits per heavy atom.